The summed E-state index contributed by atoms with van der Waals surface area (Å²) >= 11 is 6.06. The Kier molecular flexibility index (Phi) is 7.03. The summed E-state index contributed by atoms with van der Waals surface area (Å²) in [7, 11) is 1.69. The van der Waals surface area contributed by atoms with Crippen LogP contribution in [0.5, 0.6) is 5.75 Å². The number of rotatable bonds is 7. The number of nitrogens with zero attached hydrogens (tertiary/aromatic N) is 2. The number of nitrogens with one attached hydrogen (secondary N) is 1. The molecule has 31 heavy (non-hydrogen) atoms. The molecule has 0 aromatic heterocycles. The number of hydrogen-bond donors (Lipinski definition) is 1. The molecule has 2 aliphatic rings. The van der Waals surface area contributed by atoms with Gasteiger partial charge in [0.25, 0.3) is 0 Å². The van der Waals surface area contributed by atoms with Gasteiger partial charge in [0.05, 0.1) is 12.5 Å². The average Bonchev–Trinajstić information content (AvgIpc) is 3.31. The highest BCUT2D eigenvalue weighted by Gasteiger charge is 2.42. The first-order valence-electron chi connectivity index (χ1n) is 11.3. The molecule has 6 heteroatoms. The minimum absolute atomic E-state index is 0.171. The molecule has 0 unspecified atom stereocenters. The number of carbonyl (C=O) groups is 1. The minimum Gasteiger partial charge on any atom is -0.497 e. The Morgan fingerprint density at radius 3 is 2.26 bits per heavy atom. The summed E-state index contributed by atoms with van der Waals surface area (Å²) < 4.78 is 5.25. The van der Waals surface area contributed by atoms with Gasteiger partial charge in [-0.25, -0.2) is 0 Å². The Morgan fingerprint density at radius 2 is 1.65 bits per heavy atom. The van der Waals surface area contributed by atoms with Crippen LogP contribution in [0.25, 0.3) is 0 Å². The fraction of sp³-hybridized carbons (Fsp3) is 0.480. The molecule has 1 N–H and O–H groups in total. The molecular weight excluding hydrogens is 410 g/mol. The molecule has 0 spiro atoms. The van der Waals surface area contributed by atoms with E-state index in [4.69, 9.17) is 16.3 Å². The Morgan fingerprint density at radius 1 is 1.00 bits per heavy atom. The lowest BCUT2D eigenvalue weighted by molar-refractivity contribution is -0.126. The van der Waals surface area contributed by atoms with Gasteiger partial charge in [0.2, 0.25) is 5.91 Å². The molecule has 2 aromatic carbocycles. The van der Waals surface area contributed by atoms with E-state index in [0.717, 1.165) is 69.7 Å². The fourth-order valence-electron chi connectivity index (χ4n) is 4.91. The highest BCUT2D eigenvalue weighted by molar-refractivity contribution is 6.30. The summed E-state index contributed by atoms with van der Waals surface area (Å²) in [6, 6.07) is 16.1. The van der Waals surface area contributed by atoms with E-state index < -0.39 is 5.41 Å². The quantitative estimate of drug-likeness (QED) is 0.702. The van der Waals surface area contributed by atoms with Gasteiger partial charge in [-0.05, 0) is 54.8 Å². The number of methoxy groups -OCH3 is 1. The molecule has 5 nitrogen and oxygen atoms in total. The molecule has 166 valence electrons. The van der Waals surface area contributed by atoms with E-state index in [2.05, 4.69) is 27.2 Å². The summed E-state index contributed by atoms with van der Waals surface area (Å²) in [4.78, 5) is 18.0. The number of amides is 1. The molecule has 0 bridgehead atoms. The van der Waals surface area contributed by atoms with Crippen molar-refractivity contribution in [3.8, 4) is 5.75 Å². The molecule has 4 rings (SSSR count). The monoisotopic (exact) mass is 441 g/mol. The van der Waals surface area contributed by atoms with E-state index in [1.54, 1.807) is 7.11 Å². The van der Waals surface area contributed by atoms with E-state index in [0.29, 0.717) is 11.6 Å². The molecule has 2 aromatic rings. The summed E-state index contributed by atoms with van der Waals surface area (Å²) in [6.07, 6.45) is 4.04. The van der Waals surface area contributed by atoms with Gasteiger partial charge >= 0.3 is 0 Å². The van der Waals surface area contributed by atoms with Crippen molar-refractivity contribution in [1.29, 1.82) is 0 Å². The van der Waals surface area contributed by atoms with Crippen LogP contribution in [0.4, 0.5) is 5.69 Å². The van der Waals surface area contributed by atoms with Crippen LogP contribution >= 0.6 is 11.6 Å². The third-order valence-electron chi connectivity index (χ3n) is 6.81. The molecular formula is C25H32ClN3O2. The average molecular weight is 442 g/mol. The third-order valence-corrected chi connectivity index (χ3v) is 7.06. The standard InChI is InChI=1S/C25H32ClN3O2/c1-31-23-10-8-22(9-11-23)29-18-16-28(17-19-29)15-14-27-24(30)25(12-2-3-13-25)20-4-6-21(26)7-5-20/h4-11H,2-3,12-19H2,1H3,(H,27,30). The zero-order valence-electron chi connectivity index (χ0n) is 18.3. The SMILES string of the molecule is COc1ccc(N2CCN(CCNC(=O)C3(c4ccc(Cl)cc4)CCCC3)CC2)cc1. The van der Waals surface area contributed by atoms with E-state index in [9.17, 15) is 4.79 Å². The highest BCUT2D eigenvalue weighted by atomic mass is 35.5. The van der Waals surface area contributed by atoms with Crippen LogP contribution in [0.15, 0.2) is 48.5 Å². The van der Waals surface area contributed by atoms with Gasteiger partial charge in [-0.2, -0.15) is 0 Å². The topological polar surface area (TPSA) is 44.8 Å². The maximum Gasteiger partial charge on any atom is 0.230 e. The van der Waals surface area contributed by atoms with Crippen molar-refractivity contribution in [2.24, 2.45) is 0 Å². The Balaban J connectivity index is 1.26. The number of ether oxygens (including phenoxy) is 1. The van der Waals surface area contributed by atoms with Crippen molar-refractivity contribution >= 4 is 23.2 Å². The molecule has 0 radical (unpaired) electrons. The maximum absolute atomic E-state index is 13.2. The van der Waals surface area contributed by atoms with Gasteiger partial charge in [-0.1, -0.05) is 36.6 Å². The van der Waals surface area contributed by atoms with Gasteiger partial charge in [0.1, 0.15) is 5.75 Å². The first kappa shape index (κ1) is 22.0. The molecule has 2 fully saturated rings. The van der Waals surface area contributed by atoms with Crippen LogP contribution in [0, 0.1) is 0 Å². The first-order valence-corrected chi connectivity index (χ1v) is 11.6. The molecule has 1 aliphatic heterocycles. The smallest absolute Gasteiger partial charge is 0.230 e. The molecule has 0 atom stereocenters. The van der Waals surface area contributed by atoms with Crippen molar-refractivity contribution in [3.63, 3.8) is 0 Å². The van der Waals surface area contributed by atoms with E-state index in [1.165, 1.54) is 5.69 Å². The second kappa shape index (κ2) is 9.92. The van der Waals surface area contributed by atoms with Gasteiger partial charge < -0.3 is 15.0 Å². The fourth-order valence-corrected chi connectivity index (χ4v) is 5.04. The van der Waals surface area contributed by atoms with Gasteiger partial charge in [0, 0.05) is 50.0 Å². The summed E-state index contributed by atoms with van der Waals surface area (Å²) in [5.74, 6) is 1.06. The maximum atomic E-state index is 13.2. The molecule has 1 saturated heterocycles. The van der Waals surface area contributed by atoms with Crippen LogP contribution in [0.2, 0.25) is 5.02 Å². The number of anilines is 1. The molecule has 1 saturated carbocycles. The number of piperazine rings is 1. The zero-order chi connectivity index (χ0) is 21.7. The van der Waals surface area contributed by atoms with Crippen LogP contribution in [0.1, 0.15) is 31.2 Å². The summed E-state index contributed by atoms with van der Waals surface area (Å²) in [6.45, 7) is 5.58. The largest absolute Gasteiger partial charge is 0.497 e. The van der Waals surface area contributed by atoms with Crippen molar-refractivity contribution in [2.45, 2.75) is 31.1 Å². The lowest BCUT2D eigenvalue weighted by atomic mass is 9.78. The predicted octanol–water partition coefficient (Wildman–Crippen LogP) is 4.10. The van der Waals surface area contributed by atoms with E-state index >= 15 is 0 Å². The Labute approximate surface area is 190 Å². The highest BCUT2D eigenvalue weighted by Crippen LogP contribution is 2.41. The van der Waals surface area contributed by atoms with Crippen molar-refractivity contribution in [2.75, 3.05) is 51.3 Å². The van der Waals surface area contributed by atoms with Crippen molar-refractivity contribution in [1.82, 2.24) is 10.2 Å². The number of benzene rings is 2. The van der Waals surface area contributed by atoms with E-state index in [-0.39, 0.29) is 5.91 Å². The minimum atomic E-state index is -0.391. The number of carbonyl (C=O) groups excluding carboxylic acids is 1. The Bertz CT molecular complexity index is 855. The summed E-state index contributed by atoms with van der Waals surface area (Å²) in [5.41, 5.74) is 1.94. The van der Waals surface area contributed by atoms with Crippen LogP contribution in [0.3, 0.4) is 0 Å². The van der Waals surface area contributed by atoms with Crippen LogP contribution < -0.4 is 15.0 Å². The van der Waals surface area contributed by atoms with Crippen molar-refractivity contribution in [3.05, 3.63) is 59.1 Å². The molecule has 1 aliphatic carbocycles. The zero-order valence-corrected chi connectivity index (χ0v) is 19.0. The number of hydrogen-bond acceptors (Lipinski definition) is 4. The third kappa shape index (κ3) is 4.99. The van der Waals surface area contributed by atoms with Crippen LogP contribution in [-0.2, 0) is 10.2 Å². The lowest BCUT2D eigenvalue weighted by Gasteiger charge is -2.36. The number of halogens is 1. The Hall–Kier alpha value is -2.24. The van der Waals surface area contributed by atoms with E-state index in [1.807, 2.05) is 36.4 Å². The van der Waals surface area contributed by atoms with Gasteiger partial charge in [-0.15, -0.1) is 0 Å². The second-order valence-electron chi connectivity index (χ2n) is 8.58. The predicted molar refractivity (Wildman–Crippen MR) is 126 cm³/mol. The first-order chi connectivity index (χ1) is 15.1. The van der Waals surface area contributed by atoms with Crippen molar-refractivity contribution < 1.29 is 9.53 Å². The van der Waals surface area contributed by atoms with Crippen LogP contribution in [-0.4, -0.2) is 57.2 Å². The normalized spacial score (nSPS) is 18.7. The van der Waals surface area contributed by atoms with Gasteiger partial charge in [0.15, 0.2) is 0 Å². The van der Waals surface area contributed by atoms with Gasteiger partial charge in [-0.3, -0.25) is 9.69 Å². The lowest BCUT2D eigenvalue weighted by Crippen LogP contribution is -2.50. The second-order valence-corrected chi connectivity index (χ2v) is 9.02. The molecule has 1 amide bonds. The summed E-state index contributed by atoms with van der Waals surface area (Å²) in [5, 5.41) is 3.95. The molecule has 1 heterocycles.